The third-order valence-corrected chi connectivity index (χ3v) is 6.60. The van der Waals surface area contributed by atoms with Crippen molar-refractivity contribution in [1.82, 2.24) is 0 Å². The Morgan fingerprint density at radius 2 is 1.65 bits per heavy atom. The van der Waals surface area contributed by atoms with Crippen molar-refractivity contribution < 1.29 is 47.9 Å². The molecule has 3 aliphatic rings. The lowest BCUT2D eigenvalue weighted by molar-refractivity contribution is -0.194. The zero-order valence-electron chi connectivity index (χ0n) is 19.1. The lowest BCUT2D eigenvalue weighted by Crippen LogP contribution is -2.64. The first-order chi connectivity index (χ1) is 16.3. The van der Waals surface area contributed by atoms with Crippen LogP contribution in [0.5, 0.6) is 28.7 Å². The molecular formula is C24H24O10. The molecule has 0 amide bonds. The van der Waals surface area contributed by atoms with Gasteiger partial charge in [-0.1, -0.05) is 0 Å². The molecule has 2 aliphatic heterocycles. The molecule has 0 bridgehead atoms. The second kappa shape index (κ2) is 7.69. The van der Waals surface area contributed by atoms with Crippen LogP contribution in [0.4, 0.5) is 0 Å². The van der Waals surface area contributed by atoms with Crippen molar-refractivity contribution in [3.05, 3.63) is 41.0 Å². The minimum atomic E-state index is -2.05. The van der Waals surface area contributed by atoms with E-state index in [4.69, 9.17) is 33.2 Å². The van der Waals surface area contributed by atoms with Crippen molar-refractivity contribution >= 4 is 11.9 Å². The molecule has 10 heteroatoms. The topological polar surface area (TPSA) is 119 Å². The molecule has 180 valence electrons. The number of carbonyl (C=O) groups is 2. The lowest BCUT2D eigenvalue weighted by atomic mass is 9.62. The monoisotopic (exact) mass is 472 g/mol. The van der Waals surface area contributed by atoms with Gasteiger partial charge in [-0.15, -0.1) is 0 Å². The zero-order chi connectivity index (χ0) is 24.3. The Bertz CT molecular complexity index is 1170. The van der Waals surface area contributed by atoms with Crippen LogP contribution in [0, 0.1) is 0 Å². The molecule has 2 aromatic carbocycles. The Hall–Kier alpha value is -3.66. The normalized spacial score (nSPS) is 26.3. The molecule has 1 saturated heterocycles. The summed E-state index contributed by atoms with van der Waals surface area (Å²) in [5.41, 5.74) is -2.09. The largest absolute Gasteiger partial charge is 0.493 e. The van der Waals surface area contributed by atoms with E-state index in [9.17, 15) is 14.7 Å². The predicted molar refractivity (Wildman–Crippen MR) is 115 cm³/mol. The van der Waals surface area contributed by atoms with Crippen molar-refractivity contribution in [2.45, 2.75) is 30.5 Å². The summed E-state index contributed by atoms with van der Waals surface area (Å²) < 4.78 is 38.6. The molecule has 0 unspecified atom stereocenters. The Kier molecular flexibility index (Phi) is 5.01. The van der Waals surface area contributed by atoms with Crippen LogP contribution in [0.3, 0.4) is 0 Å². The van der Waals surface area contributed by atoms with Gasteiger partial charge in [-0.05, 0) is 41.0 Å². The Morgan fingerprint density at radius 3 is 2.24 bits per heavy atom. The van der Waals surface area contributed by atoms with Crippen LogP contribution in [0.25, 0.3) is 0 Å². The fourth-order valence-electron chi connectivity index (χ4n) is 5.22. The molecule has 1 N–H and O–H groups in total. The van der Waals surface area contributed by atoms with E-state index in [0.29, 0.717) is 45.4 Å². The summed E-state index contributed by atoms with van der Waals surface area (Å²) in [6.07, 6.45) is -0.00107. The number of cyclic esters (lactones) is 1. The van der Waals surface area contributed by atoms with E-state index in [2.05, 4.69) is 0 Å². The molecule has 5 rings (SSSR count). The third-order valence-electron chi connectivity index (χ3n) is 6.60. The Morgan fingerprint density at radius 1 is 1.00 bits per heavy atom. The second-order valence-corrected chi connectivity index (χ2v) is 8.41. The van der Waals surface area contributed by atoms with Crippen molar-refractivity contribution in [3.8, 4) is 28.7 Å². The maximum absolute atomic E-state index is 13.3. The smallest absolute Gasteiger partial charge is 0.355 e. The first-order valence-electron chi connectivity index (χ1n) is 10.6. The van der Waals surface area contributed by atoms with Gasteiger partial charge in [-0.2, -0.15) is 0 Å². The number of methoxy groups -OCH3 is 3. The quantitative estimate of drug-likeness (QED) is 0.644. The number of hydrogen-bond donors (Lipinski definition) is 1. The number of ether oxygens (including phenoxy) is 7. The minimum absolute atomic E-state index is 0.00107. The first kappa shape index (κ1) is 22.1. The highest BCUT2D eigenvalue weighted by atomic mass is 16.7. The zero-order valence-corrected chi connectivity index (χ0v) is 19.1. The first-order valence-corrected chi connectivity index (χ1v) is 10.6. The fraction of sp³-hybridized carbons (Fsp3) is 0.417. The van der Waals surface area contributed by atoms with Crippen LogP contribution in [0.2, 0.25) is 0 Å². The highest BCUT2D eigenvalue weighted by Gasteiger charge is 2.72. The van der Waals surface area contributed by atoms with E-state index in [-0.39, 0.29) is 19.8 Å². The van der Waals surface area contributed by atoms with Gasteiger partial charge in [0.1, 0.15) is 6.61 Å². The molecule has 2 aromatic rings. The highest BCUT2D eigenvalue weighted by Crippen LogP contribution is 2.57. The number of hydrogen-bond acceptors (Lipinski definition) is 10. The van der Waals surface area contributed by atoms with E-state index < -0.39 is 29.1 Å². The third kappa shape index (κ3) is 2.91. The second-order valence-electron chi connectivity index (χ2n) is 8.41. The Labute approximate surface area is 195 Å². The summed E-state index contributed by atoms with van der Waals surface area (Å²) in [6, 6.07) is 6.81. The molecule has 0 radical (unpaired) electrons. The Balaban J connectivity index is 1.84. The highest BCUT2D eigenvalue weighted by molar-refractivity contribution is 5.90. The van der Waals surface area contributed by atoms with Crippen molar-refractivity contribution in [1.29, 1.82) is 0 Å². The van der Waals surface area contributed by atoms with E-state index in [1.54, 1.807) is 24.3 Å². The van der Waals surface area contributed by atoms with Gasteiger partial charge < -0.3 is 38.3 Å². The summed E-state index contributed by atoms with van der Waals surface area (Å²) in [5.74, 6) is -0.548. The fourth-order valence-corrected chi connectivity index (χ4v) is 5.22. The number of fused-ring (bicyclic) bond motifs is 3. The molecule has 10 nitrogen and oxygen atoms in total. The molecule has 1 aliphatic carbocycles. The van der Waals surface area contributed by atoms with E-state index in [1.807, 2.05) is 0 Å². The number of benzene rings is 2. The van der Waals surface area contributed by atoms with Gasteiger partial charge in [0.25, 0.3) is 5.60 Å². The molecule has 0 spiro atoms. The van der Waals surface area contributed by atoms with E-state index >= 15 is 0 Å². The van der Waals surface area contributed by atoms with Gasteiger partial charge >= 0.3 is 11.9 Å². The molecule has 2 heterocycles. The van der Waals surface area contributed by atoms with Gasteiger partial charge in [0.2, 0.25) is 12.5 Å². The van der Waals surface area contributed by atoms with Crippen molar-refractivity contribution in [2.75, 3.05) is 34.7 Å². The van der Waals surface area contributed by atoms with Crippen molar-refractivity contribution in [2.24, 2.45) is 0 Å². The van der Waals surface area contributed by atoms with Crippen LogP contribution in [0.15, 0.2) is 24.3 Å². The van der Waals surface area contributed by atoms with E-state index in [1.165, 1.54) is 28.3 Å². The number of rotatable bonds is 5. The molecule has 0 saturated carbocycles. The van der Waals surface area contributed by atoms with Gasteiger partial charge in [0, 0.05) is 13.3 Å². The van der Waals surface area contributed by atoms with Gasteiger partial charge in [-0.3, -0.25) is 4.79 Å². The van der Waals surface area contributed by atoms with Crippen LogP contribution >= 0.6 is 0 Å². The summed E-state index contributed by atoms with van der Waals surface area (Å²) in [4.78, 5) is 25.6. The maximum atomic E-state index is 13.3. The lowest BCUT2D eigenvalue weighted by Gasteiger charge is -2.47. The van der Waals surface area contributed by atoms with Gasteiger partial charge in [0.15, 0.2) is 28.6 Å². The number of carbonyl (C=O) groups excluding carboxylic acids is 2. The molecule has 3 atom stereocenters. The molecular weight excluding hydrogens is 448 g/mol. The van der Waals surface area contributed by atoms with Crippen LogP contribution in [0.1, 0.15) is 29.5 Å². The SMILES string of the molecule is COc1cc([C@@H]2c3cc4c(cc3C[C@]3(O)COC(=O)[C@@]23OC(C)=O)OCO4)cc(OC)c1OC. The maximum Gasteiger partial charge on any atom is 0.355 e. The van der Waals surface area contributed by atoms with Gasteiger partial charge in [0.05, 0.1) is 27.2 Å². The standard InChI is InChI=1S/C24H24O10/c1-12(25)34-24-20(13-5-18(28-2)21(30-4)19(6-13)29-3)15-8-17-16(32-11-33-17)7-14(15)9-23(24,27)10-31-22(24)26/h5-8,20,27H,9-11H2,1-4H3/t20-,23+,24+/m1/s1. The van der Waals surface area contributed by atoms with E-state index in [0.717, 1.165) is 0 Å². The average molecular weight is 472 g/mol. The van der Waals surface area contributed by atoms with Crippen LogP contribution in [-0.2, 0) is 25.5 Å². The van der Waals surface area contributed by atoms with Crippen molar-refractivity contribution in [3.63, 3.8) is 0 Å². The molecule has 0 aromatic heterocycles. The van der Waals surface area contributed by atoms with Gasteiger partial charge in [-0.25, -0.2) is 4.79 Å². The summed E-state index contributed by atoms with van der Waals surface area (Å²) in [7, 11) is 4.41. The average Bonchev–Trinajstić information content (AvgIpc) is 3.36. The molecule has 1 fully saturated rings. The molecule has 34 heavy (non-hydrogen) atoms. The summed E-state index contributed by atoms with van der Waals surface area (Å²) >= 11 is 0. The van der Waals surface area contributed by atoms with Crippen LogP contribution < -0.4 is 23.7 Å². The van der Waals surface area contributed by atoms with Crippen LogP contribution in [-0.4, -0.2) is 63.0 Å². The predicted octanol–water partition coefficient (Wildman–Crippen LogP) is 1.72. The summed E-state index contributed by atoms with van der Waals surface area (Å²) in [5, 5.41) is 11.8. The summed E-state index contributed by atoms with van der Waals surface area (Å²) in [6.45, 7) is 0.893. The number of aliphatic hydroxyl groups is 1. The number of esters is 2. The minimum Gasteiger partial charge on any atom is -0.493 e.